The molecule has 1 saturated carbocycles. The SMILES string of the molecule is O=C1CCC2(C(=O)NC(=O)NC2=O)C(c2ccoc2)C1. The highest BCUT2D eigenvalue weighted by molar-refractivity contribution is 6.20. The van der Waals surface area contributed by atoms with E-state index in [0.29, 0.717) is 5.56 Å². The van der Waals surface area contributed by atoms with Gasteiger partial charge in [-0.05, 0) is 18.1 Å². The van der Waals surface area contributed by atoms with Gasteiger partial charge in [0.25, 0.3) is 0 Å². The smallest absolute Gasteiger partial charge is 0.328 e. The topological polar surface area (TPSA) is 105 Å². The molecular weight excluding hydrogens is 264 g/mol. The molecule has 1 atom stereocenters. The summed E-state index contributed by atoms with van der Waals surface area (Å²) in [6.07, 6.45) is 3.15. The molecule has 1 aliphatic heterocycles. The van der Waals surface area contributed by atoms with Crippen LogP contribution in [0.25, 0.3) is 0 Å². The summed E-state index contributed by atoms with van der Waals surface area (Å²) in [5.41, 5.74) is -0.816. The predicted octanol–water partition coefficient (Wildman–Crippen LogP) is 0.469. The first kappa shape index (κ1) is 12.6. The van der Waals surface area contributed by atoms with Crippen LogP contribution in [0.1, 0.15) is 30.7 Å². The van der Waals surface area contributed by atoms with Gasteiger partial charge < -0.3 is 4.42 Å². The van der Waals surface area contributed by atoms with Crippen LogP contribution in [0.4, 0.5) is 4.79 Å². The Kier molecular flexibility index (Phi) is 2.70. The van der Waals surface area contributed by atoms with Crippen LogP contribution in [0.15, 0.2) is 23.0 Å². The number of barbiturate groups is 1. The number of Topliss-reactive ketones (excluding diaryl/α,β-unsaturated/α-hetero) is 1. The largest absolute Gasteiger partial charge is 0.472 e. The molecule has 2 N–H and O–H groups in total. The summed E-state index contributed by atoms with van der Waals surface area (Å²) >= 11 is 0. The van der Waals surface area contributed by atoms with Crippen molar-refractivity contribution in [1.82, 2.24) is 10.6 Å². The molecule has 104 valence electrons. The van der Waals surface area contributed by atoms with Crippen LogP contribution in [0.2, 0.25) is 0 Å². The van der Waals surface area contributed by atoms with E-state index in [0.717, 1.165) is 0 Å². The van der Waals surface area contributed by atoms with Crippen LogP contribution in [0.3, 0.4) is 0 Å². The summed E-state index contributed by atoms with van der Waals surface area (Å²) in [6, 6.07) is 0.801. The summed E-state index contributed by atoms with van der Waals surface area (Å²) in [6.45, 7) is 0. The number of imide groups is 2. The highest BCUT2D eigenvalue weighted by Gasteiger charge is 2.58. The van der Waals surface area contributed by atoms with E-state index in [1.165, 1.54) is 12.5 Å². The molecule has 1 unspecified atom stereocenters. The summed E-state index contributed by atoms with van der Waals surface area (Å²) in [5.74, 6) is -1.93. The van der Waals surface area contributed by atoms with Gasteiger partial charge in [0, 0.05) is 18.8 Å². The molecule has 0 radical (unpaired) electrons. The molecule has 0 aromatic carbocycles. The van der Waals surface area contributed by atoms with Crippen molar-refractivity contribution in [2.24, 2.45) is 5.41 Å². The fourth-order valence-corrected chi connectivity index (χ4v) is 3.00. The van der Waals surface area contributed by atoms with E-state index in [9.17, 15) is 19.2 Å². The minimum Gasteiger partial charge on any atom is -0.472 e. The van der Waals surface area contributed by atoms with Crippen LogP contribution in [0, 0.1) is 5.41 Å². The highest BCUT2D eigenvalue weighted by Crippen LogP contribution is 2.47. The van der Waals surface area contributed by atoms with Gasteiger partial charge in [0.1, 0.15) is 11.2 Å². The standard InChI is InChI=1S/C13H12N2O5/c16-8-1-3-13(9(5-8)7-2-4-20-6-7)10(17)14-12(19)15-11(13)18/h2,4,6,9H,1,3,5H2,(H2,14,15,17,18,19). The average molecular weight is 276 g/mol. The molecule has 2 aliphatic rings. The Morgan fingerprint density at radius 3 is 2.45 bits per heavy atom. The zero-order valence-electron chi connectivity index (χ0n) is 10.5. The Morgan fingerprint density at radius 1 is 1.15 bits per heavy atom. The minimum absolute atomic E-state index is 0.0145. The van der Waals surface area contributed by atoms with Crippen molar-refractivity contribution in [2.45, 2.75) is 25.2 Å². The van der Waals surface area contributed by atoms with Crippen molar-refractivity contribution in [3.63, 3.8) is 0 Å². The van der Waals surface area contributed by atoms with Gasteiger partial charge in [0.05, 0.1) is 12.5 Å². The number of carbonyl (C=O) groups is 4. The Balaban J connectivity index is 2.08. The number of carbonyl (C=O) groups excluding carboxylic acids is 4. The Hall–Kier alpha value is -2.44. The second kappa shape index (κ2) is 4.29. The number of nitrogens with one attached hydrogen (secondary N) is 2. The van der Waals surface area contributed by atoms with Gasteiger partial charge in [-0.2, -0.15) is 0 Å². The van der Waals surface area contributed by atoms with Gasteiger partial charge >= 0.3 is 6.03 Å². The number of furan rings is 1. The van der Waals surface area contributed by atoms with Crippen molar-refractivity contribution in [1.29, 1.82) is 0 Å². The predicted molar refractivity (Wildman–Crippen MR) is 64.4 cm³/mol. The van der Waals surface area contributed by atoms with Crippen molar-refractivity contribution >= 4 is 23.6 Å². The molecule has 2 heterocycles. The minimum atomic E-state index is -1.42. The zero-order chi connectivity index (χ0) is 14.3. The fourth-order valence-electron chi connectivity index (χ4n) is 3.00. The van der Waals surface area contributed by atoms with Gasteiger partial charge in [-0.3, -0.25) is 25.0 Å². The first-order valence-electron chi connectivity index (χ1n) is 6.24. The summed E-state index contributed by atoms with van der Waals surface area (Å²) in [7, 11) is 0. The van der Waals surface area contributed by atoms with Crippen LogP contribution in [-0.2, 0) is 14.4 Å². The van der Waals surface area contributed by atoms with E-state index >= 15 is 0 Å². The van der Waals surface area contributed by atoms with Crippen molar-refractivity contribution in [2.75, 3.05) is 0 Å². The molecule has 1 aliphatic carbocycles. The first-order valence-corrected chi connectivity index (χ1v) is 6.24. The molecule has 3 rings (SSSR count). The molecule has 0 bridgehead atoms. The molecular formula is C13H12N2O5. The Labute approximate surface area is 113 Å². The average Bonchev–Trinajstić information content (AvgIpc) is 2.90. The van der Waals surface area contributed by atoms with Gasteiger partial charge in [0.15, 0.2) is 0 Å². The lowest BCUT2D eigenvalue weighted by Crippen LogP contribution is -2.65. The van der Waals surface area contributed by atoms with E-state index in [-0.39, 0.29) is 25.0 Å². The van der Waals surface area contributed by atoms with E-state index in [2.05, 4.69) is 10.6 Å². The van der Waals surface area contributed by atoms with Crippen LogP contribution < -0.4 is 10.6 Å². The first-order chi connectivity index (χ1) is 9.54. The molecule has 7 heteroatoms. The maximum Gasteiger partial charge on any atom is 0.328 e. The van der Waals surface area contributed by atoms with Crippen molar-refractivity contribution < 1.29 is 23.6 Å². The molecule has 7 nitrogen and oxygen atoms in total. The third kappa shape index (κ3) is 1.66. The van der Waals surface area contributed by atoms with Crippen molar-refractivity contribution in [3.8, 4) is 0 Å². The number of rotatable bonds is 1. The Bertz CT molecular complexity index is 584. The lowest BCUT2D eigenvalue weighted by molar-refractivity contribution is -0.149. The summed E-state index contributed by atoms with van der Waals surface area (Å²) in [4.78, 5) is 47.5. The molecule has 2 fully saturated rings. The number of ketones is 1. The molecule has 1 spiro atoms. The summed E-state index contributed by atoms with van der Waals surface area (Å²) < 4.78 is 4.99. The zero-order valence-corrected chi connectivity index (χ0v) is 10.5. The highest BCUT2D eigenvalue weighted by atomic mass is 16.3. The number of urea groups is 1. The van der Waals surface area contributed by atoms with Gasteiger partial charge in [-0.25, -0.2) is 4.79 Å². The van der Waals surface area contributed by atoms with E-state index in [4.69, 9.17) is 4.42 Å². The second-order valence-electron chi connectivity index (χ2n) is 5.06. The third-order valence-corrected chi connectivity index (χ3v) is 4.03. The van der Waals surface area contributed by atoms with Crippen LogP contribution in [-0.4, -0.2) is 23.6 Å². The number of amides is 4. The Morgan fingerprint density at radius 2 is 1.85 bits per heavy atom. The maximum atomic E-state index is 12.3. The van der Waals surface area contributed by atoms with E-state index in [1.54, 1.807) is 6.07 Å². The summed E-state index contributed by atoms with van der Waals surface area (Å²) in [5, 5.41) is 4.25. The van der Waals surface area contributed by atoms with Gasteiger partial charge in [-0.1, -0.05) is 0 Å². The molecule has 1 aromatic rings. The maximum absolute atomic E-state index is 12.3. The fraction of sp³-hybridized carbons (Fsp3) is 0.385. The van der Waals surface area contributed by atoms with Gasteiger partial charge in [0.2, 0.25) is 11.8 Å². The van der Waals surface area contributed by atoms with E-state index in [1.807, 2.05) is 0 Å². The van der Waals surface area contributed by atoms with Gasteiger partial charge in [-0.15, -0.1) is 0 Å². The number of hydrogen-bond acceptors (Lipinski definition) is 5. The van der Waals surface area contributed by atoms with Crippen LogP contribution in [0.5, 0.6) is 0 Å². The quantitative estimate of drug-likeness (QED) is 0.725. The molecule has 1 aromatic heterocycles. The third-order valence-electron chi connectivity index (χ3n) is 4.03. The van der Waals surface area contributed by atoms with E-state index < -0.39 is 29.2 Å². The molecule has 20 heavy (non-hydrogen) atoms. The lowest BCUT2D eigenvalue weighted by atomic mass is 9.62. The second-order valence-corrected chi connectivity index (χ2v) is 5.06. The normalized spacial score (nSPS) is 25.5. The monoisotopic (exact) mass is 276 g/mol. The lowest BCUT2D eigenvalue weighted by Gasteiger charge is -2.42. The van der Waals surface area contributed by atoms with Crippen molar-refractivity contribution in [3.05, 3.63) is 24.2 Å². The van der Waals surface area contributed by atoms with Crippen LogP contribution >= 0.6 is 0 Å². The number of hydrogen-bond donors (Lipinski definition) is 2. The molecule has 1 saturated heterocycles. The molecule has 4 amide bonds.